The number of furan rings is 1. The number of hydrogen-bond donors (Lipinski definition) is 2. The van der Waals surface area contributed by atoms with Crippen molar-refractivity contribution in [3.63, 3.8) is 0 Å². The van der Waals surface area contributed by atoms with Crippen LogP contribution in [-0.2, 0) is 6.54 Å². The molecule has 2 aromatic rings. The van der Waals surface area contributed by atoms with Gasteiger partial charge in [0.1, 0.15) is 11.5 Å². The van der Waals surface area contributed by atoms with Gasteiger partial charge >= 0.3 is 0 Å². The standard InChI is InChI=1S/C12H13N3O3S/c1-2-13-11(17)12-15-9(7-19-12)10(16)14-6-8-4-3-5-18-8/h3-5,7H,2,6H2,1H3,(H,13,17)(H,14,16). The van der Waals surface area contributed by atoms with Gasteiger partial charge in [0.05, 0.1) is 12.8 Å². The lowest BCUT2D eigenvalue weighted by Gasteiger charge is -2.00. The molecule has 0 unspecified atom stereocenters. The molecular formula is C12H13N3O3S. The third-order valence-corrected chi connectivity index (χ3v) is 3.11. The summed E-state index contributed by atoms with van der Waals surface area (Å²) in [7, 11) is 0. The largest absolute Gasteiger partial charge is 0.467 e. The molecule has 0 aliphatic rings. The van der Waals surface area contributed by atoms with Crippen molar-refractivity contribution in [1.29, 1.82) is 0 Å². The lowest BCUT2D eigenvalue weighted by atomic mass is 10.4. The van der Waals surface area contributed by atoms with Crippen LogP contribution in [0.25, 0.3) is 0 Å². The molecule has 2 N–H and O–H groups in total. The van der Waals surface area contributed by atoms with Gasteiger partial charge in [-0.15, -0.1) is 11.3 Å². The Kier molecular flexibility index (Phi) is 4.30. The van der Waals surface area contributed by atoms with Crippen LogP contribution in [0.1, 0.15) is 33.0 Å². The number of carbonyl (C=O) groups excluding carboxylic acids is 2. The van der Waals surface area contributed by atoms with Crippen LogP contribution in [0.5, 0.6) is 0 Å². The first-order valence-electron chi connectivity index (χ1n) is 5.75. The number of aromatic nitrogens is 1. The summed E-state index contributed by atoms with van der Waals surface area (Å²) in [5, 5.41) is 7.14. The average molecular weight is 279 g/mol. The van der Waals surface area contributed by atoms with E-state index in [0.717, 1.165) is 11.3 Å². The lowest BCUT2D eigenvalue weighted by molar-refractivity contribution is 0.0943. The predicted molar refractivity (Wildman–Crippen MR) is 70.0 cm³/mol. The van der Waals surface area contributed by atoms with E-state index < -0.39 is 0 Å². The van der Waals surface area contributed by atoms with Gasteiger partial charge in [-0.05, 0) is 19.1 Å². The quantitative estimate of drug-likeness (QED) is 0.866. The van der Waals surface area contributed by atoms with E-state index in [1.165, 1.54) is 6.26 Å². The van der Waals surface area contributed by atoms with E-state index in [4.69, 9.17) is 4.42 Å². The summed E-state index contributed by atoms with van der Waals surface area (Å²) in [6.07, 6.45) is 1.54. The Labute approximate surface area is 113 Å². The minimum Gasteiger partial charge on any atom is -0.467 e. The smallest absolute Gasteiger partial charge is 0.280 e. The number of rotatable bonds is 5. The Morgan fingerprint density at radius 1 is 1.37 bits per heavy atom. The van der Waals surface area contributed by atoms with Crippen molar-refractivity contribution in [1.82, 2.24) is 15.6 Å². The molecule has 19 heavy (non-hydrogen) atoms. The second-order valence-corrected chi connectivity index (χ2v) is 4.52. The van der Waals surface area contributed by atoms with Crippen LogP contribution in [0.15, 0.2) is 28.2 Å². The second-order valence-electron chi connectivity index (χ2n) is 3.66. The first kappa shape index (κ1) is 13.3. The van der Waals surface area contributed by atoms with E-state index in [9.17, 15) is 9.59 Å². The zero-order valence-corrected chi connectivity index (χ0v) is 11.1. The SMILES string of the molecule is CCNC(=O)c1nc(C(=O)NCc2ccco2)cs1. The lowest BCUT2D eigenvalue weighted by Crippen LogP contribution is -2.24. The number of amides is 2. The van der Waals surface area contributed by atoms with Crippen molar-refractivity contribution in [3.8, 4) is 0 Å². The minimum absolute atomic E-state index is 0.234. The fourth-order valence-electron chi connectivity index (χ4n) is 1.39. The molecule has 6 nitrogen and oxygen atoms in total. The highest BCUT2D eigenvalue weighted by Gasteiger charge is 2.14. The van der Waals surface area contributed by atoms with Crippen LogP contribution in [0.3, 0.4) is 0 Å². The summed E-state index contributed by atoms with van der Waals surface area (Å²) in [6.45, 7) is 2.64. The van der Waals surface area contributed by atoms with Crippen LogP contribution in [0.2, 0.25) is 0 Å². The molecule has 2 heterocycles. The molecule has 0 saturated carbocycles. The maximum Gasteiger partial charge on any atom is 0.280 e. The molecule has 0 aliphatic heterocycles. The van der Waals surface area contributed by atoms with Crippen molar-refractivity contribution in [2.24, 2.45) is 0 Å². The van der Waals surface area contributed by atoms with Gasteiger partial charge in [0.25, 0.3) is 11.8 Å². The maximum atomic E-state index is 11.8. The third kappa shape index (κ3) is 3.41. The van der Waals surface area contributed by atoms with Crippen LogP contribution in [0, 0.1) is 0 Å². The van der Waals surface area contributed by atoms with E-state index in [-0.39, 0.29) is 22.5 Å². The van der Waals surface area contributed by atoms with Crippen LogP contribution in [0.4, 0.5) is 0 Å². The van der Waals surface area contributed by atoms with Gasteiger partial charge in [-0.3, -0.25) is 9.59 Å². The number of nitrogens with zero attached hydrogens (tertiary/aromatic N) is 1. The summed E-state index contributed by atoms with van der Waals surface area (Å²) >= 11 is 1.14. The molecule has 0 atom stereocenters. The van der Waals surface area contributed by atoms with Crippen molar-refractivity contribution in [2.75, 3.05) is 6.54 Å². The maximum absolute atomic E-state index is 11.8. The topological polar surface area (TPSA) is 84.2 Å². The molecule has 0 aliphatic carbocycles. The monoisotopic (exact) mass is 279 g/mol. The summed E-state index contributed by atoms with van der Waals surface area (Å²) in [5.41, 5.74) is 0.234. The Bertz CT molecular complexity index is 563. The number of thiazole rings is 1. The normalized spacial score (nSPS) is 10.2. The Balaban J connectivity index is 1.94. The zero-order valence-electron chi connectivity index (χ0n) is 10.3. The Morgan fingerprint density at radius 3 is 2.89 bits per heavy atom. The first-order valence-corrected chi connectivity index (χ1v) is 6.63. The Hall–Kier alpha value is -2.15. The van der Waals surface area contributed by atoms with Gasteiger partial charge in [-0.2, -0.15) is 0 Å². The summed E-state index contributed by atoms with van der Waals surface area (Å²) < 4.78 is 5.10. The first-order chi connectivity index (χ1) is 9.20. The molecule has 0 bridgehead atoms. The molecule has 2 amide bonds. The molecule has 100 valence electrons. The van der Waals surface area contributed by atoms with Gasteiger partial charge < -0.3 is 15.1 Å². The number of hydrogen-bond acceptors (Lipinski definition) is 5. The summed E-state index contributed by atoms with van der Waals surface area (Å²) in [5.74, 6) is 0.0633. The van der Waals surface area contributed by atoms with E-state index in [1.807, 2.05) is 6.92 Å². The fraction of sp³-hybridized carbons (Fsp3) is 0.250. The highest BCUT2D eigenvalue weighted by Crippen LogP contribution is 2.10. The van der Waals surface area contributed by atoms with Gasteiger partial charge in [0.15, 0.2) is 5.01 Å². The van der Waals surface area contributed by atoms with Gasteiger partial charge in [0.2, 0.25) is 0 Å². The van der Waals surface area contributed by atoms with E-state index >= 15 is 0 Å². The van der Waals surface area contributed by atoms with E-state index in [2.05, 4.69) is 15.6 Å². The second kappa shape index (κ2) is 6.14. The van der Waals surface area contributed by atoms with Crippen molar-refractivity contribution in [3.05, 3.63) is 40.2 Å². The average Bonchev–Trinajstić information content (AvgIpc) is 3.07. The molecule has 0 aromatic carbocycles. The molecule has 0 saturated heterocycles. The Morgan fingerprint density at radius 2 is 2.21 bits per heavy atom. The van der Waals surface area contributed by atoms with Crippen LogP contribution < -0.4 is 10.6 Å². The summed E-state index contributed by atoms with van der Waals surface area (Å²) in [6, 6.07) is 3.51. The number of nitrogens with one attached hydrogen (secondary N) is 2. The fourth-order valence-corrected chi connectivity index (χ4v) is 2.10. The van der Waals surface area contributed by atoms with E-state index in [0.29, 0.717) is 18.8 Å². The molecule has 0 spiro atoms. The molecule has 7 heteroatoms. The highest BCUT2D eigenvalue weighted by molar-refractivity contribution is 7.11. The van der Waals surface area contributed by atoms with Crippen molar-refractivity contribution < 1.29 is 14.0 Å². The van der Waals surface area contributed by atoms with Gasteiger partial charge in [-0.1, -0.05) is 0 Å². The molecule has 2 aromatic heterocycles. The zero-order chi connectivity index (χ0) is 13.7. The summed E-state index contributed by atoms with van der Waals surface area (Å²) in [4.78, 5) is 27.3. The molecule has 0 fully saturated rings. The third-order valence-electron chi connectivity index (χ3n) is 2.27. The predicted octanol–water partition coefficient (Wildman–Crippen LogP) is 1.42. The number of carbonyl (C=O) groups is 2. The van der Waals surface area contributed by atoms with Gasteiger partial charge in [-0.25, -0.2) is 4.98 Å². The van der Waals surface area contributed by atoms with E-state index in [1.54, 1.807) is 17.5 Å². The van der Waals surface area contributed by atoms with Crippen molar-refractivity contribution >= 4 is 23.2 Å². The van der Waals surface area contributed by atoms with Crippen molar-refractivity contribution in [2.45, 2.75) is 13.5 Å². The molecule has 2 rings (SSSR count). The van der Waals surface area contributed by atoms with Crippen LogP contribution >= 0.6 is 11.3 Å². The minimum atomic E-state index is -0.330. The van der Waals surface area contributed by atoms with Gasteiger partial charge in [0, 0.05) is 11.9 Å². The highest BCUT2D eigenvalue weighted by atomic mass is 32.1. The molecular weight excluding hydrogens is 266 g/mol. The molecule has 0 radical (unpaired) electrons. The van der Waals surface area contributed by atoms with Crippen LogP contribution in [-0.4, -0.2) is 23.3 Å².